The molecule has 0 radical (unpaired) electrons. The molecule has 0 aromatic heterocycles. The summed E-state index contributed by atoms with van der Waals surface area (Å²) in [5, 5.41) is 0. The van der Waals surface area contributed by atoms with Gasteiger partial charge in [-0.05, 0) is 38.0 Å². The lowest BCUT2D eigenvalue weighted by molar-refractivity contribution is -0.356. The summed E-state index contributed by atoms with van der Waals surface area (Å²) in [5.74, 6) is 0.280. The molecule has 0 amide bonds. The Bertz CT molecular complexity index is 397. The van der Waals surface area contributed by atoms with Gasteiger partial charge in [0.15, 0.2) is 5.79 Å². The monoisotopic (exact) mass is 312 g/mol. The first-order valence-electron chi connectivity index (χ1n) is 8.78. The molecule has 2 rings (SSSR count). The molecule has 2 aliphatic heterocycles. The van der Waals surface area contributed by atoms with Crippen molar-refractivity contribution in [2.75, 3.05) is 7.11 Å². The lowest BCUT2D eigenvalue weighted by atomic mass is 9.76. The molecule has 0 saturated carbocycles. The fourth-order valence-corrected chi connectivity index (χ4v) is 4.23. The zero-order valence-corrected chi connectivity index (χ0v) is 14.9. The summed E-state index contributed by atoms with van der Waals surface area (Å²) in [6.07, 6.45) is 4.19. The molecular weight excluding hydrogens is 280 g/mol. The number of ether oxygens (including phenoxy) is 3. The predicted octanol–water partition coefficient (Wildman–Crippen LogP) is 3.78. The van der Waals surface area contributed by atoms with E-state index in [0.717, 1.165) is 25.7 Å². The molecule has 0 bridgehead atoms. The van der Waals surface area contributed by atoms with Crippen molar-refractivity contribution in [2.45, 2.75) is 78.3 Å². The van der Waals surface area contributed by atoms with Gasteiger partial charge in [0.2, 0.25) is 0 Å². The first kappa shape index (κ1) is 17.7. The molecule has 0 aromatic carbocycles. The molecule has 128 valence electrons. The van der Waals surface area contributed by atoms with Crippen LogP contribution in [0.3, 0.4) is 0 Å². The molecule has 2 heterocycles. The molecule has 4 heteroatoms. The van der Waals surface area contributed by atoms with Crippen molar-refractivity contribution in [2.24, 2.45) is 23.7 Å². The number of rotatable bonds is 3. The van der Waals surface area contributed by atoms with Crippen LogP contribution in [-0.2, 0) is 19.0 Å². The molecule has 0 N–H and O–H groups in total. The predicted molar refractivity (Wildman–Crippen MR) is 85.3 cm³/mol. The largest absolute Gasteiger partial charge is 0.469 e. The highest BCUT2D eigenvalue weighted by Gasteiger charge is 2.52. The van der Waals surface area contributed by atoms with Gasteiger partial charge < -0.3 is 14.2 Å². The molecule has 4 nitrogen and oxygen atoms in total. The lowest BCUT2D eigenvalue weighted by Gasteiger charge is -2.53. The maximum Gasteiger partial charge on any atom is 0.311 e. The molecule has 22 heavy (non-hydrogen) atoms. The molecule has 1 spiro atoms. The Balaban J connectivity index is 2.19. The third-order valence-corrected chi connectivity index (χ3v) is 5.77. The van der Waals surface area contributed by atoms with Crippen LogP contribution in [0.2, 0.25) is 0 Å². The second-order valence-electron chi connectivity index (χ2n) is 7.40. The topological polar surface area (TPSA) is 44.8 Å². The summed E-state index contributed by atoms with van der Waals surface area (Å²) in [5.41, 5.74) is 0. The van der Waals surface area contributed by atoms with Crippen LogP contribution in [0.4, 0.5) is 0 Å². The Morgan fingerprint density at radius 1 is 1.27 bits per heavy atom. The average Bonchev–Trinajstić information content (AvgIpc) is 2.51. The van der Waals surface area contributed by atoms with Crippen LogP contribution < -0.4 is 0 Å². The molecule has 2 saturated heterocycles. The van der Waals surface area contributed by atoms with Crippen LogP contribution in [-0.4, -0.2) is 31.1 Å². The highest BCUT2D eigenvalue weighted by atomic mass is 16.7. The normalized spacial score (nSPS) is 43.8. The number of methoxy groups -OCH3 is 1. The lowest BCUT2D eigenvalue weighted by Crippen LogP contribution is -2.58. The zero-order valence-electron chi connectivity index (χ0n) is 14.9. The molecule has 2 aliphatic rings. The molecule has 0 aromatic rings. The number of esters is 1. The number of hydrogen-bond acceptors (Lipinski definition) is 4. The Kier molecular flexibility index (Phi) is 5.54. The molecule has 0 unspecified atom stereocenters. The summed E-state index contributed by atoms with van der Waals surface area (Å²) in [6, 6.07) is 0. The highest BCUT2D eigenvalue weighted by Crippen LogP contribution is 2.47. The van der Waals surface area contributed by atoms with E-state index in [1.54, 1.807) is 0 Å². The van der Waals surface area contributed by atoms with Gasteiger partial charge in [-0.15, -0.1) is 0 Å². The maximum atomic E-state index is 11.9. The third kappa shape index (κ3) is 3.18. The van der Waals surface area contributed by atoms with E-state index in [4.69, 9.17) is 14.2 Å². The minimum Gasteiger partial charge on any atom is -0.469 e. The van der Waals surface area contributed by atoms with Crippen LogP contribution in [0.1, 0.15) is 60.3 Å². The van der Waals surface area contributed by atoms with E-state index in [1.165, 1.54) is 7.11 Å². The van der Waals surface area contributed by atoms with Crippen molar-refractivity contribution in [3.8, 4) is 0 Å². The van der Waals surface area contributed by atoms with Gasteiger partial charge in [-0.25, -0.2) is 0 Å². The molecule has 7 atom stereocenters. The second-order valence-corrected chi connectivity index (χ2v) is 7.40. The van der Waals surface area contributed by atoms with Gasteiger partial charge in [-0.3, -0.25) is 4.79 Å². The SMILES string of the molecule is CC[C@H]1O[C@@]2(CC[C@H]1C)O[C@H]([C@@H](C)C(=O)OC)[C@@H](C)C[C@H]2C. The Morgan fingerprint density at radius 3 is 2.55 bits per heavy atom. The second kappa shape index (κ2) is 6.88. The van der Waals surface area contributed by atoms with Crippen LogP contribution in [0, 0.1) is 23.7 Å². The van der Waals surface area contributed by atoms with E-state index in [9.17, 15) is 4.79 Å². The van der Waals surface area contributed by atoms with Crippen LogP contribution >= 0.6 is 0 Å². The van der Waals surface area contributed by atoms with Gasteiger partial charge in [0.25, 0.3) is 0 Å². The van der Waals surface area contributed by atoms with Crippen molar-refractivity contribution in [1.82, 2.24) is 0 Å². The Morgan fingerprint density at radius 2 is 1.95 bits per heavy atom. The summed E-state index contributed by atoms with van der Waals surface area (Å²) in [7, 11) is 1.44. The van der Waals surface area contributed by atoms with Crippen LogP contribution in [0.25, 0.3) is 0 Å². The quantitative estimate of drug-likeness (QED) is 0.744. The van der Waals surface area contributed by atoms with E-state index in [-0.39, 0.29) is 24.1 Å². The summed E-state index contributed by atoms with van der Waals surface area (Å²) >= 11 is 0. The number of carbonyl (C=O) groups is 1. The zero-order chi connectivity index (χ0) is 16.5. The van der Waals surface area contributed by atoms with Gasteiger partial charge in [-0.2, -0.15) is 0 Å². The van der Waals surface area contributed by atoms with E-state index in [0.29, 0.717) is 17.8 Å². The van der Waals surface area contributed by atoms with Crippen molar-refractivity contribution >= 4 is 5.97 Å². The molecule has 0 aliphatic carbocycles. The van der Waals surface area contributed by atoms with Gasteiger partial charge in [0.1, 0.15) is 0 Å². The Hall–Kier alpha value is -0.610. The maximum absolute atomic E-state index is 11.9. The minimum absolute atomic E-state index is 0.130. The fraction of sp³-hybridized carbons (Fsp3) is 0.944. The van der Waals surface area contributed by atoms with E-state index in [1.807, 2.05) is 6.92 Å². The van der Waals surface area contributed by atoms with E-state index >= 15 is 0 Å². The first-order chi connectivity index (χ1) is 10.3. The third-order valence-electron chi connectivity index (χ3n) is 5.77. The fourth-order valence-electron chi connectivity index (χ4n) is 4.23. The van der Waals surface area contributed by atoms with E-state index < -0.39 is 5.79 Å². The molecule has 2 fully saturated rings. The minimum atomic E-state index is -0.521. The van der Waals surface area contributed by atoms with Crippen LogP contribution in [0.15, 0.2) is 0 Å². The first-order valence-corrected chi connectivity index (χ1v) is 8.78. The van der Waals surface area contributed by atoms with E-state index in [2.05, 4.69) is 27.7 Å². The number of carbonyl (C=O) groups excluding carboxylic acids is 1. The van der Waals surface area contributed by atoms with Crippen LogP contribution in [0.5, 0.6) is 0 Å². The van der Waals surface area contributed by atoms with Crippen molar-refractivity contribution in [1.29, 1.82) is 0 Å². The summed E-state index contributed by atoms with van der Waals surface area (Å²) in [6.45, 7) is 10.7. The van der Waals surface area contributed by atoms with Crippen molar-refractivity contribution in [3.05, 3.63) is 0 Å². The summed E-state index contributed by atoms with van der Waals surface area (Å²) < 4.78 is 17.9. The molecular formula is C18H32O4. The Labute approximate surface area is 134 Å². The smallest absolute Gasteiger partial charge is 0.311 e. The number of hydrogen-bond donors (Lipinski definition) is 0. The van der Waals surface area contributed by atoms with Gasteiger partial charge >= 0.3 is 5.97 Å². The van der Waals surface area contributed by atoms with Gasteiger partial charge in [-0.1, -0.05) is 27.7 Å². The van der Waals surface area contributed by atoms with Crippen molar-refractivity contribution < 1.29 is 19.0 Å². The van der Waals surface area contributed by atoms with Gasteiger partial charge in [0.05, 0.1) is 25.2 Å². The average molecular weight is 312 g/mol. The summed E-state index contributed by atoms with van der Waals surface area (Å²) in [4.78, 5) is 11.9. The van der Waals surface area contributed by atoms with Crippen molar-refractivity contribution in [3.63, 3.8) is 0 Å². The highest BCUT2D eigenvalue weighted by molar-refractivity contribution is 5.72. The van der Waals surface area contributed by atoms with Gasteiger partial charge in [0, 0.05) is 12.3 Å². The standard InChI is InChI=1S/C18H32O4/c1-7-15-11(2)8-9-18(21-15)13(4)10-12(3)16(22-18)14(5)17(19)20-6/h11-16H,7-10H2,1-6H3/t11-,12+,13-,14-,15-,16+,18+/m1/s1.